The molecule has 4 aromatic rings. The molecule has 0 radical (unpaired) electrons. The Morgan fingerprint density at radius 1 is 0.571 bits per heavy atom. The van der Waals surface area contributed by atoms with Crippen LogP contribution in [0.3, 0.4) is 0 Å². The maximum atomic E-state index is 15.3. The van der Waals surface area contributed by atoms with Crippen LogP contribution in [0.5, 0.6) is 0 Å². The summed E-state index contributed by atoms with van der Waals surface area (Å²) in [6, 6.07) is 6.11. The van der Waals surface area contributed by atoms with Crippen LogP contribution in [0.2, 0.25) is 0 Å². The molecule has 0 saturated heterocycles. The van der Waals surface area contributed by atoms with Crippen LogP contribution in [0.15, 0.2) is 30.6 Å². The Morgan fingerprint density at radius 2 is 0.952 bits per heavy atom. The predicted octanol–water partition coefficient (Wildman–Crippen LogP) is 5.90. The fraction of sp³-hybridized carbons (Fsp3) is 0.345. The fourth-order valence-corrected chi connectivity index (χ4v) is 8.23. The lowest BCUT2D eigenvalue weighted by atomic mass is 9.49. The molecule has 2 nitrogen and oxygen atoms in total. The normalized spacial score (nSPS) is 24.7. The molecule has 13 heteroatoms. The van der Waals surface area contributed by atoms with Crippen LogP contribution in [0.25, 0.3) is 11.0 Å². The largest absolute Gasteiger partial charge is 0.459 e. The fourth-order valence-electron chi connectivity index (χ4n) is 8.23. The van der Waals surface area contributed by atoms with Crippen molar-refractivity contribution in [3.05, 3.63) is 88.8 Å². The van der Waals surface area contributed by atoms with Crippen molar-refractivity contribution in [2.75, 3.05) is 0 Å². The van der Waals surface area contributed by atoms with Gasteiger partial charge >= 0.3 is 6.85 Å². The summed E-state index contributed by atoms with van der Waals surface area (Å²) in [5, 5.41) is 0. The molecule has 0 spiro atoms. The monoisotopic (exact) mass is 597 g/mol. The van der Waals surface area contributed by atoms with E-state index in [0.717, 1.165) is 43.0 Å². The van der Waals surface area contributed by atoms with Gasteiger partial charge in [0.1, 0.15) is 5.54 Å². The molecule has 0 aliphatic heterocycles. The molecule has 4 aliphatic carbocycles. The zero-order valence-corrected chi connectivity index (χ0v) is 21.6. The van der Waals surface area contributed by atoms with Crippen molar-refractivity contribution in [3.63, 3.8) is 0 Å². The molecule has 8 rings (SSSR count). The van der Waals surface area contributed by atoms with Crippen LogP contribution in [0.4, 0.5) is 43.9 Å². The SMILES string of the molecule is Fc1c(F)c(F)c(B(c2c(F)c(F)c(F)c(F)c2F)[n+]2cn(C34CC5CC(CC(C5)C3)C4)c3ccccc32)c(F)c1F. The van der Waals surface area contributed by atoms with Crippen LogP contribution >= 0.6 is 0 Å². The van der Waals surface area contributed by atoms with Crippen LogP contribution in [0, 0.1) is 75.9 Å². The first-order valence-electron chi connectivity index (χ1n) is 13.5. The third-order valence-electron chi connectivity index (χ3n) is 9.49. The van der Waals surface area contributed by atoms with E-state index in [0.29, 0.717) is 23.3 Å². The number of hydrogen-bond acceptors (Lipinski definition) is 0. The number of nitrogens with zero attached hydrogens (tertiary/aromatic N) is 2. The molecule has 0 amide bonds. The third-order valence-corrected chi connectivity index (χ3v) is 9.49. The van der Waals surface area contributed by atoms with Gasteiger partial charge in [-0.1, -0.05) is 12.1 Å². The number of imidazole rings is 1. The average Bonchev–Trinajstić information content (AvgIpc) is 3.36. The molecule has 0 N–H and O–H groups in total. The summed E-state index contributed by atoms with van der Waals surface area (Å²) in [7, 11) is 0. The lowest BCUT2D eigenvalue weighted by Gasteiger charge is -2.54. The molecule has 4 fully saturated rings. The third kappa shape index (κ3) is 3.63. The zero-order valence-electron chi connectivity index (χ0n) is 21.6. The molecular weight excluding hydrogens is 577 g/mol. The maximum Gasteiger partial charge on any atom is 0.459 e. The second kappa shape index (κ2) is 9.25. The number of benzene rings is 3. The van der Waals surface area contributed by atoms with Gasteiger partial charge in [0.15, 0.2) is 69.2 Å². The Bertz CT molecular complexity index is 1640. The van der Waals surface area contributed by atoms with E-state index in [4.69, 9.17) is 0 Å². The van der Waals surface area contributed by atoms with Crippen molar-refractivity contribution in [2.24, 2.45) is 17.8 Å². The molecule has 0 unspecified atom stereocenters. The number of rotatable bonds is 4. The van der Waals surface area contributed by atoms with Crippen LogP contribution < -0.4 is 15.4 Å². The maximum absolute atomic E-state index is 15.3. The lowest BCUT2D eigenvalue weighted by Crippen LogP contribution is -2.69. The first-order valence-corrected chi connectivity index (χ1v) is 13.5. The van der Waals surface area contributed by atoms with E-state index in [1.165, 1.54) is 18.5 Å². The van der Waals surface area contributed by atoms with Crippen molar-refractivity contribution in [1.82, 2.24) is 4.57 Å². The zero-order chi connectivity index (χ0) is 29.8. The van der Waals surface area contributed by atoms with Crippen LogP contribution in [-0.4, -0.2) is 11.4 Å². The second-order valence-electron chi connectivity index (χ2n) is 11.9. The lowest BCUT2D eigenvalue weighted by molar-refractivity contribution is -0.505. The van der Waals surface area contributed by atoms with Crippen LogP contribution in [0.1, 0.15) is 38.5 Å². The highest BCUT2D eigenvalue weighted by Crippen LogP contribution is 2.59. The summed E-state index contributed by atoms with van der Waals surface area (Å²) in [4.78, 5) is 0. The highest BCUT2D eigenvalue weighted by molar-refractivity contribution is 6.78. The van der Waals surface area contributed by atoms with Gasteiger partial charge in [-0.25, -0.2) is 48.5 Å². The predicted molar refractivity (Wildman–Crippen MR) is 131 cm³/mol. The summed E-state index contributed by atoms with van der Waals surface area (Å²) >= 11 is 0. The van der Waals surface area contributed by atoms with E-state index in [-0.39, 0.29) is 5.52 Å². The number of halogens is 10. The number of para-hydroxylation sites is 2. The summed E-state index contributed by atoms with van der Waals surface area (Å²) in [5.41, 5.74) is -3.58. The van der Waals surface area contributed by atoms with Crippen molar-refractivity contribution >= 4 is 28.8 Å². The van der Waals surface area contributed by atoms with Gasteiger partial charge in [0.2, 0.25) is 6.33 Å². The highest BCUT2D eigenvalue weighted by Gasteiger charge is 2.56. The molecule has 1 aromatic heterocycles. The van der Waals surface area contributed by atoms with Gasteiger partial charge in [0.25, 0.3) is 0 Å². The number of hydrogen-bond donors (Lipinski definition) is 0. The van der Waals surface area contributed by atoms with Crippen molar-refractivity contribution < 1.29 is 48.4 Å². The van der Waals surface area contributed by atoms with E-state index in [9.17, 15) is 26.3 Å². The summed E-state index contributed by atoms with van der Waals surface area (Å²) in [5.74, 6) is -23.4. The molecule has 218 valence electrons. The Labute approximate surface area is 232 Å². The van der Waals surface area contributed by atoms with Gasteiger partial charge in [-0.3, -0.25) is 4.48 Å². The van der Waals surface area contributed by atoms with E-state index >= 15 is 17.6 Å². The van der Waals surface area contributed by atoms with Gasteiger partial charge < -0.3 is 0 Å². The van der Waals surface area contributed by atoms with E-state index in [1.54, 1.807) is 16.7 Å². The molecule has 42 heavy (non-hydrogen) atoms. The van der Waals surface area contributed by atoms with Crippen molar-refractivity contribution in [3.8, 4) is 0 Å². The van der Waals surface area contributed by atoms with Crippen molar-refractivity contribution in [2.45, 2.75) is 44.1 Å². The summed E-state index contributed by atoms with van der Waals surface area (Å²) in [6.45, 7) is -2.67. The Kier molecular flexibility index (Phi) is 6.02. The molecule has 4 bridgehead atoms. The van der Waals surface area contributed by atoms with Gasteiger partial charge in [0.05, 0.1) is 10.9 Å². The average molecular weight is 597 g/mol. The van der Waals surface area contributed by atoms with E-state index in [1.807, 2.05) is 0 Å². The highest BCUT2D eigenvalue weighted by atomic mass is 19.2. The second-order valence-corrected chi connectivity index (χ2v) is 11.9. The van der Waals surface area contributed by atoms with Gasteiger partial charge in [-0.15, -0.1) is 0 Å². The van der Waals surface area contributed by atoms with Gasteiger partial charge in [-0.2, -0.15) is 0 Å². The quantitative estimate of drug-likeness (QED) is 0.120. The molecule has 3 aromatic carbocycles. The summed E-state index contributed by atoms with van der Waals surface area (Å²) in [6.07, 6.45) is 6.55. The molecule has 4 saturated carbocycles. The number of fused-ring (bicyclic) bond motifs is 1. The minimum absolute atomic E-state index is 0.0335. The van der Waals surface area contributed by atoms with Crippen molar-refractivity contribution in [1.29, 1.82) is 0 Å². The molecule has 1 heterocycles. The Balaban J connectivity index is 1.57. The van der Waals surface area contributed by atoms with E-state index in [2.05, 4.69) is 0 Å². The topological polar surface area (TPSA) is 8.81 Å². The number of aromatic nitrogens is 2. The van der Waals surface area contributed by atoms with Crippen LogP contribution in [-0.2, 0) is 5.54 Å². The smallest absolute Gasteiger partial charge is 0.285 e. The first-order chi connectivity index (χ1) is 19.9. The molecular formula is C29H20BF10N2+. The standard InChI is InChI=1S/C29H20BF10N2/c31-19-17(20(32)24(36)27(39)23(19)35)30(18-21(33)25(37)28(40)26(38)22(18)34)42-11-41(15-3-1-2-4-16(15)42)29-8-12-5-13(9-29)7-14(6-12)10-29/h1-4,11-14H,5-10H2/q+1. The Morgan fingerprint density at radius 3 is 1.38 bits per heavy atom. The minimum atomic E-state index is -2.67. The first kappa shape index (κ1) is 27.3. The summed E-state index contributed by atoms with van der Waals surface area (Å²) < 4.78 is 150. The van der Waals surface area contributed by atoms with Gasteiger partial charge in [0, 0.05) is 0 Å². The Hall–Kier alpha value is -3.51. The van der Waals surface area contributed by atoms with E-state index < -0.39 is 81.5 Å². The molecule has 0 atom stereocenters. The van der Waals surface area contributed by atoms with Gasteiger partial charge in [-0.05, 0) is 68.4 Å². The molecule has 4 aliphatic rings. The minimum Gasteiger partial charge on any atom is -0.285 e.